The van der Waals surface area contributed by atoms with Gasteiger partial charge in [0.25, 0.3) is 10.0 Å². The van der Waals surface area contributed by atoms with E-state index in [0.29, 0.717) is 10.6 Å². The first kappa shape index (κ1) is 15.0. The van der Waals surface area contributed by atoms with Gasteiger partial charge in [0.1, 0.15) is 0 Å². The van der Waals surface area contributed by atoms with Crippen LogP contribution in [0.5, 0.6) is 0 Å². The Bertz CT molecular complexity index is 727. The second-order valence-corrected chi connectivity index (χ2v) is 6.79. The summed E-state index contributed by atoms with van der Waals surface area (Å²) < 4.78 is 51.0. The normalized spacial score (nSPS) is 13.1. The van der Waals surface area contributed by atoms with Gasteiger partial charge in [0.05, 0.1) is 17.7 Å². The fourth-order valence-corrected chi connectivity index (χ4v) is 3.22. The molecule has 0 aliphatic carbocycles. The topological polar surface area (TPSA) is 96.6 Å². The van der Waals surface area contributed by atoms with Crippen LogP contribution < -0.4 is 4.72 Å². The van der Waals surface area contributed by atoms with Crippen molar-refractivity contribution in [1.82, 2.24) is 0 Å². The molecule has 6 nitrogen and oxygen atoms in total. The maximum absolute atomic E-state index is 12.0. The van der Waals surface area contributed by atoms with E-state index in [2.05, 4.69) is 4.72 Å². The van der Waals surface area contributed by atoms with E-state index in [1.807, 2.05) is 0 Å². The number of benzene rings is 1. The zero-order chi connectivity index (χ0) is 14.8. The molecule has 0 radical (unpaired) electrons. The molecule has 1 aromatic heterocycles. The van der Waals surface area contributed by atoms with Gasteiger partial charge in [0.2, 0.25) is 5.09 Å². The highest BCUT2D eigenvalue weighted by Crippen LogP contribution is 2.25. The van der Waals surface area contributed by atoms with E-state index in [-0.39, 0.29) is 16.5 Å². The van der Waals surface area contributed by atoms with Crippen LogP contribution in [0.1, 0.15) is 5.56 Å². The van der Waals surface area contributed by atoms with Crippen molar-refractivity contribution >= 4 is 38.4 Å². The fraction of sp³-hybridized carbons (Fsp3) is 0.0909. The molecule has 0 saturated heterocycles. The number of furan rings is 1. The number of hydrogen-bond donors (Lipinski definition) is 2. The molecule has 108 valence electrons. The van der Waals surface area contributed by atoms with E-state index in [4.69, 9.17) is 20.6 Å². The molecule has 0 aliphatic heterocycles. The minimum atomic E-state index is -3.90. The largest absolute Gasteiger partial charge is 0.451 e. The van der Waals surface area contributed by atoms with E-state index in [1.54, 1.807) is 0 Å². The molecular weight excluding hydrogens is 326 g/mol. The first-order valence-electron chi connectivity index (χ1n) is 5.31. The van der Waals surface area contributed by atoms with Gasteiger partial charge in [-0.05, 0) is 29.8 Å². The molecule has 1 heterocycles. The molecule has 1 unspecified atom stereocenters. The molecule has 1 atom stereocenters. The van der Waals surface area contributed by atoms with Gasteiger partial charge >= 0.3 is 0 Å². The van der Waals surface area contributed by atoms with Crippen LogP contribution in [0.3, 0.4) is 0 Å². The van der Waals surface area contributed by atoms with Crippen molar-refractivity contribution in [3.8, 4) is 0 Å². The van der Waals surface area contributed by atoms with Gasteiger partial charge < -0.3 is 8.97 Å². The number of halogens is 1. The Kier molecular flexibility index (Phi) is 4.48. The summed E-state index contributed by atoms with van der Waals surface area (Å²) in [5, 5.41) is 0.0446. The predicted molar refractivity (Wildman–Crippen MR) is 75.4 cm³/mol. The molecule has 0 aliphatic rings. The quantitative estimate of drug-likeness (QED) is 0.818. The molecule has 0 fully saturated rings. The Morgan fingerprint density at radius 3 is 2.70 bits per heavy atom. The van der Waals surface area contributed by atoms with Gasteiger partial charge in [-0.2, -0.15) is 8.42 Å². The third-order valence-electron chi connectivity index (χ3n) is 2.36. The van der Waals surface area contributed by atoms with Crippen LogP contribution in [0, 0.1) is 0 Å². The zero-order valence-electron chi connectivity index (χ0n) is 9.95. The van der Waals surface area contributed by atoms with Crippen LogP contribution >= 0.6 is 11.6 Å². The summed E-state index contributed by atoms with van der Waals surface area (Å²) in [5.74, 6) is -0.215. The number of sulfonamides is 1. The average Bonchev–Trinajstić information content (AvgIpc) is 2.86. The van der Waals surface area contributed by atoms with Crippen molar-refractivity contribution in [1.29, 1.82) is 0 Å². The lowest BCUT2D eigenvalue weighted by atomic mass is 10.2. The van der Waals surface area contributed by atoms with Crippen molar-refractivity contribution < 1.29 is 21.6 Å². The zero-order valence-corrected chi connectivity index (χ0v) is 12.3. The van der Waals surface area contributed by atoms with E-state index >= 15 is 0 Å². The molecular formula is C11H10ClNO5S2. The molecule has 2 rings (SSSR count). The highest BCUT2D eigenvalue weighted by Gasteiger charge is 2.19. The molecule has 0 saturated carbocycles. The number of hydrogen-bond acceptors (Lipinski definition) is 4. The molecule has 2 N–H and O–H groups in total. The highest BCUT2D eigenvalue weighted by atomic mass is 35.5. The van der Waals surface area contributed by atoms with Crippen LogP contribution in [-0.2, 0) is 26.9 Å². The summed E-state index contributed by atoms with van der Waals surface area (Å²) in [6.07, 6.45) is 1.23. The molecule has 20 heavy (non-hydrogen) atoms. The van der Waals surface area contributed by atoms with Gasteiger partial charge in [-0.3, -0.25) is 4.72 Å². The third-order valence-corrected chi connectivity index (χ3v) is 4.40. The second-order valence-electron chi connectivity index (χ2n) is 3.80. The minimum Gasteiger partial charge on any atom is -0.451 e. The molecule has 2 aromatic rings. The highest BCUT2D eigenvalue weighted by molar-refractivity contribution is 7.92. The first-order valence-corrected chi connectivity index (χ1v) is 8.44. The van der Waals surface area contributed by atoms with Crippen molar-refractivity contribution in [2.45, 2.75) is 10.8 Å². The Balaban J connectivity index is 2.37. The van der Waals surface area contributed by atoms with Crippen LogP contribution in [0.2, 0.25) is 5.02 Å². The Labute approximate surface area is 123 Å². The lowest BCUT2D eigenvalue weighted by Crippen LogP contribution is -2.14. The Morgan fingerprint density at radius 1 is 1.35 bits per heavy atom. The van der Waals surface area contributed by atoms with E-state index in [1.165, 1.54) is 36.6 Å². The minimum absolute atomic E-state index is 0.135. The van der Waals surface area contributed by atoms with Crippen molar-refractivity contribution in [3.05, 3.63) is 47.2 Å². The summed E-state index contributed by atoms with van der Waals surface area (Å²) in [4.78, 5) is 0. The number of anilines is 1. The maximum Gasteiger partial charge on any atom is 0.295 e. The van der Waals surface area contributed by atoms with E-state index in [0.717, 1.165) is 0 Å². The number of rotatable bonds is 5. The first-order chi connectivity index (χ1) is 9.38. The molecule has 0 amide bonds. The Hall–Kier alpha value is -1.35. The van der Waals surface area contributed by atoms with Crippen LogP contribution in [0.4, 0.5) is 5.69 Å². The standard InChI is InChI=1S/C11H10ClNO5S2/c12-9-4-3-8(7-19(14)15)10(6-9)13-20(16,17)11-2-1-5-18-11/h1-6,13H,7H2,(H,14,15). The van der Waals surface area contributed by atoms with Crippen LogP contribution in [0.25, 0.3) is 0 Å². The maximum atomic E-state index is 12.0. The summed E-state index contributed by atoms with van der Waals surface area (Å²) >= 11 is 3.71. The van der Waals surface area contributed by atoms with Crippen molar-refractivity contribution in [3.63, 3.8) is 0 Å². The lowest BCUT2D eigenvalue weighted by molar-refractivity contribution is 0.452. The van der Waals surface area contributed by atoms with Gasteiger partial charge in [0.15, 0.2) is 11.1 Å². The summed E-state index contributed by atoms with van der Waals surface area (Å²) in [6.45, 7) is 0. The van der Waals surface area contributed by atoms with Crippen LogP contribution in [-0.4, -0.2) is 17.2 Å². The third kappa shape index (κ3) is 3.60. The summed E-state index contributed by atoms with van der Waals surface area (Å²) in [6, 6.07) is 7.09. The van der Waals surface area contributed by atoms with Gasteiger partial charge in [-0.1, -0.05) is 17.7 Å². The van der Waals surface area contributed by atoms with Crippen LogP contribution in [0.15, 0.2) is 46.1 Å². The molecule has 1 aromatic carbocycles. The monoisotopic (exact) mass is 335 g/mol. The van der Waals surface area contributed by atoms with E-state index in [9.17, 15) is 12.6 Å². The SMILES string of the molecule is O=S(O)Cc1ccc(Cl)cc1NS(=O)(=O)c1ccco1. The molecule has 0 bridgehead atoms. The lowest BCUT2D eigenvalue weighted by Gasteiger charge is -2.10. The molecule has 0 spiro atoms. The van der Waals surface area contributed by atoms with Crippen molar-refractivity contribution in [2.75, 3.05) is 4.72 Å². The molecule has 9 heteroatoms. The Morgan fingerprint density at radius 2 is 2.10 bits per heavy atom. The van der Waals surface area contributed by atoms with Gasteiger partial charge in [0, 0.05) is 5.02 Å². The van der Waals surface area contributed by atoms with Crippen molar-refractivity contribution in [2.24, 2.45) is 0 Å². The average molecular weight is 336 g/mol. The van der Waals surface area contributed by atoms with E-state index < -0.39 is 21.1 Å². The summed E-state index contributed by atoms with van der Waals surface area (Å²) in [5.41, 5.74) is 0.488. The smallest absolute Gasteiger partial charge is 0.295 e. The number of nitrogens with one attached hydrogen (secondary N) is 1. The fourth-order valence-electron chi connectivity index (χ4n) is 1.51. The summed E-state index contributed by atoms with van der Waals surface area (Å²) in [7, 11) is -3.90. The van der Waals surface area contributed by atoms with Gasteiger partial charge in [-0.25, -0.2) is 4.21 Å². The second kappa shape index (κ2) is 5.96. The van der Waals surface area contributed by atoms with Gasteiger partial charge in [-0.15, -0.1) is 0 Å². The predicted octanol–water partition coefficient (Wildman–Crippen LogP) is 2.46.